The van der Waals surface area contributed by atoms with Crippen LogP contribution in [0, 0.1) is 0 Å². The van der Waals surface area contributed by atoms with Crippen molar-refractivity contribution in [1.29, 1.82) is 0 Å². The maximum Gasteiger partial charge on any atom is 0.306 e. The van der Waals surface area contributed by atoms with Gasteiger partial charge in [0.25, 0.3) is 0 Å². The summed E-state index contributed by atoms with van der Waals surface area (Å²) in [6.45, 7) is 6.65. The van der Waals surface area contributed by atoms with Crippen LogP contribution in [-0.4, -0.2) is 37.2 Å². The number of rotatable bonds is 61. The summed E-state index contributed by atoms with van der Waals surface area (Å²) in [4.78, 5) is 38.3. The number of ether oxygens (including phenoxy) is 3. The van der Waals surface area contributed by atoms with E-state index in [-0.39, 0.29) is 31.1 Å². The Labute approximate surface area is 467 Å². The number of carbonyl (C=O) groups is 3. The molecule has 1 unspecified atom stereocenters. The summed E-state index contributed by atoms with van der Waals surface area (Å²) >= 11 is 0. The lowest BCUT2D eigenvalue weighted by Gasteiger charge is -2.18. The lowest BCUT2D eigenvalue weighted by molar-refractivity contribution is -0.167. The molecule has 438 valence electrons. The average Bonchev–Trinajstić information content (AvgIpc) is 3.41. The van der Waals surface area contributed by atoms with Crippen molar-refractivity contribution in [3.63, 3.8) is 0 Å². The number of hydrogen-bond donors (Lipinski definition) is 0. The Hall–Kier alpha value is -2.63. The van der Waals surface area contributed by atoms with Crippen LogP contribution in [-0.2, 0) is 28.6 Å². The summed E-state index contributed by atoms with van der Waals surface area (Å²) in [5, 5.41) is 0. The number of hydrogen-bond acceptors (Lipinski definition) is 6. The predicted octanol–water partition coefficient (Wildman–Crippen LogP) is 22.6. The van der Waals surface area contributed by atoms with Gasteiger partial charge < -0.3 is 14.2 Å². The molecule has 0 aromatic heterocycles. The van der Waals surface area contributed by atoms with E-state index in [0.717, 1.165) is 77.0 Å². The summed E-state index contributed by atoms with van der Waals surface area (Å²) in [6.07, 6.45) is 79.8. The van der Waals surface area contributed by atoms with E-state index in [2.05, 4.69) is 69.4 Å². The zero-order chi connectivity index (χ0) is 54.3. The first kappa shape index (κ1) is 72.4. The Kier molecular flexibility index (Phi) is 61.7. The molecule has 6 heteroatoms. The van der Waals surface area contributed by atoms with E-state index in [1.54, 1.807) is 0 Å². The van der Waals surface area contributed by atoms with E-state index in [1.165, 1.54) is 238 Å². The van der Waals surface area contributed by atoms with Gasteiger partial charge in [-0.1, -0.05) is 281 Å². The van der Waals surface area contributed by atoms with Crippen molar-refractivity contribution in [2.75, 3.05) is 13.2 Å². The molecule has 0 amide bonds. The van der Waals surface area contributed by atoms with Crippen LogP contribution >= 0.6 is 0 Å². The largest absolute Gasteiger partial charge is 0.462 e. The van der Waals surface area contributed by atoms with Gasteiger partial charge in [0, 0.05) is 19.3 Å². The molecule has 0 aromatic carbocycles. The third-order valence-electron chi connectivity index (χ3n) is 14.8. The van der Waals surface area contributed by atoms with Crippen LogP contribution in [0.5, 0.6) is 0 Å². The van der Waals surface area contributed by atoms with Gasteiger partial charge in [-0.25, -0.2) is 0 Å². The molecule has 0 aromatic rings. The van der Waals surface area contributed by atoms with E-state index in [9.17, 15) is 14.4 Å². The average molecular weight is 1050 g/mol. The molecular weight excluding hydrogens is 925 g/mol. The van der Waals surface area contributed by atoms with Gasteiger partial charge in [0.2, 0.25) is 0 Å². The fraction of sp³-hybridized carbons (Fsp3) is 0.841. The van der Waals surface area contributed by atoms with Gasteiger partial charge in [-0.3, -0.25) is 14.4 Å². The van der Waals surface area contributed by atoms with Gasteiger partial charge in [0.1, 0.15) is 13.2 Å². The highest BCUT2D eigenvalue weighted by Crippen LogP contribution is 2.17. The Morgan fingerprint density at radius 3 is 0.773 bits per heavy atom. The third kappa shape index (κ3) is 62.1. The standard InChI is InChI=1S/C69H126O6/c1-4-7-10-13-16-19-22-25-28-30-31-32-33-34-35-36-37-39-41-44-47-50-53-56-59-62-68(71)74-65-66(64-73-67(70)61-58-55-52-49-46-43-40-27-24-21-18-15-12-9-6-3)75-69(72)63-60-57-54-51-48-45-42-38-29-26-23-20-17-14-11-8-5-2/h17,20,26-27,29-31,40,66H,4-16,18-19,21-25,28,32-39,41-65H2,1-3H3/b20-17-,29-26-,31-30-,40-27-. The van der Waals surface area contributed by atoms with Gasteiger partial charge >= 0.3 is 17.9 Å². The van der Waals surface area contributed by atoms with Crippen molar-refractivity contribution < 1.29 is 28.6 Å². The summed E-state index contributed by atoms with van der Waals surface area (Å²) in [7, 11) is 0. The molecule has 0 aliphatic rings. The SMILES string of the molecule is CCCCC/C=C\C/C=C\CCCCCCCCCC(=O)OC(COC(=O)CCCCCCC/C=C\CCCCCCCC)COC(=O)CCCCCCCCCCCCCCC/C=C\CCCCCCCCCC. The zero-order valence-corrected chi connectivity index (χ0v) is 50.3. The third-order valence-corrected chi connectivity index (χ3v) is 14.8. The van der Waals surface area contributed by atoms with E-state index in [1.807, 2.05) is 0 Å². The van der Waals surface area contributed by atoms with Crippen molar-refractivity contribution in [1.82, 2.24) is 0 Å². The minimum absolute atomic E-state index is 0.0764. The number of esters is 3. The maximum absolute atomic E-state index is 12.9. The minimum atomic E-state index is -0.781. The lowest BCUT2D eigenvalue weighted by Crippen LogP contribution is -2.30. The van der Waals surface area contributed by atoms with Crippen molar-refractivity contribution in [2.24, 2.45) is 0 Å². The summed E-state index contributed by atoms with van der Waals surface area (Å²) in [5.74, 6) is -0.873. The summed E-state index contributed by atoms with van der Waals surface area (Å²) in [5.41, 5.74) is 0. The van der Waals surface area contributed by atoms with Gasteiger partial charge in [0.05, 0.1) is 0 Å². The molecular formula is C69H126O6. The highest BCUT2D eigenvalue weighted by Gasteiger charge is 2.19. The molecule has 0 rings (SSSR count). The maximum atomic E-state index is 12.9. The monoisotopic (exact) mass is 1050 g/mol. The molecule has 6 nitrogen and oxygen atoms in total. The molecule has 0 radical (unpaired) electrons. The van der Waals surface area contributed by atoms with Crippen LogP contribution in [0.15, 0.2) is 48.6 Å². The zero-order valence-electron chi connectivity index (χ0n) is 50.3. The molecule has 0 aliphatic heterocycles. The van der Waals surface area contributed by atoms with Gasteiger partial charge in [-0.15, -0.1) is 0 Å². The topological polar surface area (TPSA) is 78.9 Å². The van der Waals surface area contributed by atoms with Crippen LogP contribution in [0.1, 0.15) is 355 Å². The van der Waals surface area contributed by atoms with E-state index in [4.69, 9.17) is 14.2 Å². The van der Waals surface area contributed by atoms with Crippen LogP contribution in [0.2, 0.25) is 0 Å². The second-order valence-corrected chi connectivity index (χ2v) is 22.4. The molecule has 0 saturated carbocycles. The van der Waals surface area contributed by atoms with E-state index < -0.39 is 6.10 Å². The molecule has 0 aliphatic carbocycles. The molecule has 0 bridgehead atoms. The van der Waals surface area contributed by atoms with Crippen LogP contribution in [0.25, 0.3) is 0 Å². The van der Waals surface area contributed by atoms with Gasteiger partial charge in [-0.05, 0) is 103 Å². The minimum Gasteiger partial charge on any atom is -0.462 e. The van der Waals surface area contributed by atoms with Crippen LogP contribution < -0.4 is 0 Å². The van der Waals surface area contributed by atoms with Crippen LogP contribution in [0.4, 0.5) is 0 Å². The van der Waals surface area contributed by atoms with Crippen molar-refractivity contribution >= 4 is 17.9 Å². The smallest absolute Gasteiger partial charge is 0.306 e. The number of carbonyl (C=O) groups excluding carboxylic acids is 3. The number of allylic oxidation sites excluding steroid dienone is 8. The summed E-state index contributed by atoms with van der Waals surface area (Å²) in [6, 6.07) is 0. The molecule has 0 heterocycles. The number of unbranched alkanes of at least 4 members (excludes halogenated alkanes) is 42. The summed E-state index contributed by atoms with van der Waals surface area (Å²) < 4.78 is 16.9. The molecule has 0 N–H and O–H groups in total. The Morgan fingerprint density at radius 1 is 0.267 bits per heavy atom. The van der Waals surface area contributed by atoms with Crippen LogP contribution in [0.3, 0.4) is 0 Å². The van der Waals surface area contributed by atoms with Crippen molar-refractivity contribution in [3.8, 4) is 0 Å². The van der Waals surface area contributed by atoms with Gasteiger partial charge in [-0.2, -0.15) is 0 Å². The Bertz CT molecular complexity index is 1300. The Morgan fingerprint density at radius 2 is 0.480 bits per heavy atom. The van der Waals surface area contributed by atoms with Crippen molar-refractivity contribution in [2.45, 2.75) is 361 Å². The molecule has 75 heavy (non-hydrogen) atoms. The first-order chi connectivity index (χ1) is 37.0. The lowest BCUT2D eigenvalue weighted by atomic mass is 10.0. The predicted molar refractivity (Wildman–Crippen MR) is 325 cm³/mol. The van der Waals surface area contributed by atoms with E-state index in [0.29, 0.717) is 19.3 Å². The second-order valence-electron chi connectivity index (χ2n) is 22.4. The molecule has 0 saturated heterocycles. The highest BCUT2D eigenvalue weighted by molar-refractivity contribution is 5.71. The Balaban J connectivity index is 4.29. The quantitative estimate of drug-likeness (QED) is 0.0261. The van der Waals surface area contributed by atoms with E-state index >= 15 is 0 Å². The first-order valence-corrected chi connectivity index (χ1v) is 33.1. The molecule has 0 spiro atoms. The molecule has 0 fully saturated rings. The fourth-order valence-electron chi connectivity index (χ4n) is 9.76. The second kappa shape index (κ2) is 63.9. The fourth-order valence-corrected chi connectivity index (χ4v) is 9.76. The van der Waals surface area contributed by atoms with Crippen molar-refractivity contribution in [3.05, 3.63) is 48.6 Å². The first-order valence-electron chi connectivity index (χ1n) is 33.1. The normalized spacial score (nSPS) is 12.3. The highest BCUT2D eigenvalue weighted by atomic mass is 16.6. The molecule has 1 atom stereocenters. The van der Waals surface area contributed by atoms with Gasteiger partial charge in [0.15, 0.2) is 6.10 Å².